The first kappa shape index (κ1) is 13.0. The summed E-state index contributed by atoms with van der Waals surface area (Å²) in [6, 6.07) is 8.74. The van der Waals surface area contributed by atoms with Gasteiger partial charge in [-0.15, -0.1) is 11.8 Å². The zero-order chi connectivity index (χ0) is 13.0. The number of hydrogen-bond acceptors (Lipinski definition) is 3. The van der Waals surface area contributed by atoms with E-state index in [0.717, 1.165) is 12.2 Å². The number of thioether (sulfide) groups is 1. The number of nitrogens with zero attached hydrogens (tertiary/aromatic N) is 2. The van der Waals surface area contributed by atoms with Gasteiger partial charge in [-0.3, -0.25) is 4.68 Å². The topological polar surface area (TPSA) is 29.9 Å². The van der Waals surface area contributed by atoms with Crippen LogP contribution in [0.5, 0.6) is 0 Å². The second kappa shape index (κ2) is 5.96. The summed E-state index contributed by atoms with van der Waals surface area (Å²) in [4.78, 5) is 1.27. The Morgan fingerprint density at radius 2 is 2.28 bits per heavy atom. The van der Waals surface area contributed by atoms with E-state index < -0.39 is 0 Å². The highest BCUT2D eigenvalue weighted by molar-refractivity contribution is 7.98. The molecule has 0 amide bonds. The average Bonchev–Trinajstić information content (AvgIpc) is 2.88. The molecule has 0 aliphatic rings. The SMILES string of the molecule is CCn1cc(C(C)Nc2cccc(SC)c2)cn1. The van der Waals surface area contributed by atoms with Gasteiger partial charge in [0, 0.05) is 28.9 Å². The third-order valence-electron chi connectivity index (χ3n) is 2.93. The van der Waals surface area contributed by atoms with Gasteiger partial charge in [-0.1, -0.05) is 6.07 Å². The molecule has 4 heteroatoms. The van der Waals surface area contributed by atoms with Crippen molar-refractivity contribution in [3.8, 4) is 0 Å². The van der Waals surface area contributed by atoms with Gasteiger partial charge in [0.2, 0.25) is 0 Å². The van der Waals surface area contributed by atoms with Gasteiger partial charge in [0.05, 0.1) is 12.2 Å². The molecule has 3 nitrogen and oxygen atoms in total. The van der Waals surface area contributed by atoms with E-state index in [1.54, 1.807) is 11.8 Å². The Balaban J connectivity index is 2.08. The largest absolute Gasteiger partial charge is 0.378 e. The van der Waals surface area contributed by atoms with Crippen molar-refractivity contribution in [1.82, 2.24) is 9.78 Å². The fraction of sp³-hybridized carbons (Fsp3) is 0.357. The summed E-state index contributed by atoms with van der Waals surface area (Å²) < 4.78 is 1.95. The molecule has 96 valence electrons. The van der Waals surface area contributed by atoms with E-state index >= 15 is 0 Å². The van der Waals surface area contributed by atoms with Gasteiger partial charge in [-0.2, -0.15) is 5.10 Å². The number of nitrogens with one attached hydrogen (secondary N) is 1. The molecular weight excluding hydrogens is 242 g/mol. The van der Waals surface area contributed by atoms with Crippen molar-refractivity contribution in [3.63, 3.8) is 0 Å². The van der Waals surface area contributed by atoms with Gasteiger partial charge in [0.1, 0.15) is 0 Å². The Bertz CT molecular complexity index is 507. The fourth-order valence-corrected chi connectivity index (χ4v) is 2.28. The van der Waals surface area contributed by atoms with Crippen LogP contribution in [0.4, 0.5) is 5.69 Å². The Morgan fingerprint density at radius 3 is 2.94 bits per heavy atom. The molecule has 1 atom stereocenters. The van der Waals surface area contributed by atoms with E-state index in [1.807, 2.05) is 10.9 Å². The van der Waals surface area contributed by atoms with Crippen molar-refractivity contribution in [1.29, 1.82) is 0 Å². The summed E-state index contributed by atoms with van der Waals surface area (Å²) in [6.07, 6.45) is 6.11. The van der Waals surface area contributed by atoms with Crippen LogP contribution in [0.2, 0.25) is 0 Å². The van der Waals surface area contributed by atoms with Crippen LogP contribution in [-0.4, -0.2) is 16.0 Å². The van der Waals surface area contributed by atoms with Crippen molar-refractivity contribution in [2.75, 3.05) is 11.6 Å². The standard InChI is InChI=1S/C14H19N3S/c1-4-17-10-12(9-15-17)11(2)16-13-6-5-7-14(8-13)18-3/h5-11,16H,4H2,1-3H3. The maximum absolute atomic E-state index is 4.30. The number of rotatable bonds is 5. The smallest absolute Gasteiger partial charge is 0.0542 e. The first-order chi connectivity index (χ1) is 8.72. The molecule has 0 spiro atoms. The van der Waals surface area contributed by atoms with E-state index in [2.05, 4.69) is 61.0 Å². The molecule has 1 aromatic heterocycles. The molecule has 0 saturated carbocycles. The molecule has 0 bridgehead atoms. The van der Waals surface area contributed by atoms with Gasteiger partial charge >= 0.3 is 0 Å². The van der Waals surface area contributed by atoms with Gasteiger partial charge in [0.25, 0.3) is 0 Å². The second-order valence-corrected chi connectivity index (χ2v) is 5.11. The highest BCUT2D eigenvalue weighted by atomic mass is 32.2. The van der Waals surface area contributed by atoms with E-state index in [4.69, 9.17) is 0 Å². The quantitative estimate of drug-likeness (QED) is 0.830. The molecule has 1 heterocycles. The molecular formula is C14H19N3S. The Hall–Kier alpha value is -1.42. The van der Waals surface area contributed by atoms with Gasteiger partial charge < -0.3 is 5.32 Å². The minimum Gasteiger partial charge on any atom is -0.378 e. The molecule has 0 fully saturated rings. The molecule has 0 aliphatic heterocycles. The summed E-state index contributed by atoms with van der Waals surface area (Å²) in [6.45, 7) is 5.16. The highest BCUT2D eigenvalue weighted by Gasteiger charge is 2.07. The lowest BCUT2D eigenvalue weighted by molar-refractivity contribution is 0.658. The molecule has 18 heavy (non-hydrogen) atoms. The van der Waals surface area contributed by atoms with Crippen LogP contribution in [0.25, 0.3) is 0 Å². The zero-order valence-electron chi connectivity index (χ0n) is 11.1. The van der Waals surface area contributed by atoms with E-state index in [1.165, 1.54) is 10.5 Å². The first-order valence-corrected chi connectivity index (χ1v) is 7.38. The average molecular weight is 261 g/mol. The van der Waals surface area contributed by atoms with Crippen LogP contribution < -0.4 is 5.32 Å². The molecule has 0 saturated heterocycles. The number of hydrogen-bond donors (Lipinski definition) is 1. The van der Waals surface area contributed by atoms with E-state index in [-0.39, 0.29) is 6.04 Å². The first-order valence-electron chi connectivity index (χ1n) is 6.16. The third-order valence-corrected chi connectivity index (χ3v) is 3.66. The Kier molecular flexibility index (Phi) is 4.31. The zero-order valence-corrected chi connectivity index (χ0v) is 11.9. The fourth-order valence-electron chi connectivity index (χ4n) is 1.82. The summed E-state index contributed by atoms with van der Waals surface area (Å²) in [5, 5.41) is 7.81. The molecule has 1 aromatic carbocycles. The Morgan fingerprint density at radius 1 is 1.44 bits per heavy atom. The molecule has 1 unspecified atom stereocenters. The number of benzene rings is 1. The van der Waals surface area contributed by atoms with E-state index in [0.29, 0.717) is 0 Å². The van der Waals surface area contributed by atoms with Gasteiger partial charge in [0.15, 0.2) is 0 Å². The summed E-state index contributed by atoms with van der Waals surface area (Å²) in [7, 11) is 0. The highest BCUT2D eigenvalue weighted by Crippen LogP contribution is 2.23. The normalized spacial score (nSPS) is 12.4. The van der Waals surface area contributed by atoms with Crippen LogP contribution in [0.15, 0.2) is 41.6 Å². The number of aromatic nitrogens is 2. The van der Waals surface area contributed by atoms with Crippen molar-refractivity contribution < 1.29 is 0 Å². The van der Waals surface area contributed by atoms with Gasteiger partial charge in [-0.05, 0) is 38.3 Å². The lowest BCUT2D eigenvalue weighted by Gasteiger charge is -2.14. The monoisotopic (exact) mass is 261 g/mol. The lowest BCUT2D eigenvalue weighted by atomic mass is 10.2. The Labute approximate surface area is 113 Å². The minimum atomic E-state index is 0.266. The lowest BCUT2D eigenvalue weighted by Crippen LogP contribution is -2.05. The van der Waals surface area contributed by atoms with Crippen LogP contribution in [0.1, 0.15) is 25.5 Å². The minimum absolute atomic E-state index is 0.266. The summed E-state index contributed by atoms with van der Waals surface area (Å²) in [5.74, 6) is 0. The maximum atomic E-state index is 4.30. The third kappa shape index (κ3) is 3.07. The molecule has 2 aromatic rings. The summed E-state index contributed by atoms with van der Waals surface area (Å²) >= 11 is 1.76. The van der Waals surface area contributed by atoms with Crippen LogP contribution >= 0.6 is 11.8 Å². The van der Waals surface area contributed by atoms with E-state index in [9.17, 15) is 0 Å². The predicted octanol–water partition coefficient (Wildman–Crippen LogP) is 3.80. The maximum Gasteiger partial charge on any atom is 0.0542 e. The molecule has 0 radical (unpaired) electrons. The molecule has 1 N–H and O–H groups in total. The molecule has 2 rings (SSSR count). The molecule has 0 aliphatic carbocycles. The number of anilines is 1. The van der Waals surface area contributed by atoms with Crippen LogP contribution in [0.3, 0.4) is 0 Å². The van der Waals surface area contributed by atoms with Crippen LogP contribution in [-0.2, 0) is 6.54 Å². The van der Waals surface area contributed by atoms with Crippen molar-refractivity contribution in [2.45, 2.75) is 31.3 Å². The predicted molar refractivity (Wildman–Crippen MR) is 78.2 cm³/mol. The summed E-state index contributed by atoms with van der Waals surface area (Å²) in [5.41, 5.74) is 2.37. The second-order valence-electron chi connectivity index (χ2n) is 4.23. The van der Waals surface area contributed by atoms with Gasteiger partial charge in [-0.25, -0.2) is 0 Å². The van der Waals surface area contributed by atoms with Crippen molar-refractivity contribution >= 4 is 17.4 Å². The van der Waals surface area contributed by atoms with Crippen molar-refractivity contribution in [2.24, 2.45) is 0 Å². The van der Waals surface area contributed by atoms with Crippen LogP contribution in [0, 0.1) is 0 Å². The number of aryl methyl sites for hydroxylation is 1. The van der Waals surface area contributed by atoms with Crippen molar-refractivity contribution in [3.05, 3.63) is 42.2 Å².